The third-order valence-electron chi connectivity index (χ3n) is 3.21. The molecule has 1 aliphatic rings. The normalized spacial score (nSPS) is 19.8. The zero-order valence-electron chi connectivity index (χ0n) is 9.34. The van der Waals surface area contributed by atoms with Crippen molar-refractivity contribution in [2.45, 2.75) is 57.5 Å². The molecule has 1 aliphatic carbocycles. The standard InChI is InChI=1S/C11H24N2/c1-10(2)13(3)9-5-4-6-11(12)7-8-11/h10H,4-9,12H2,1-3H3. The minimum absolute atomic E-state index is 0.260. The summed E-state index contributed by atoms with van der Waals surface area (Å²) >= 11 is 0. The van der Waals surface area contributed by atoms with Gasteiger partial charge in [-0.05, 0) is 53.1 Å². The molecule has 2 N–H and O–H groups in total. The van der Waals surface area contributed by atoms with Crippen molar-refractivity contribution in [3.8, 4) is 0 Å². The van der Waals surface area contributed by atoms with E-state index >= 15 is 0 Å². The Labute approximate surface area is 82.5 Å². The third-order valence-corrected chi connectivity index (χ3v) is 3.21. The molecule has 1 fully saturated rings. The first-order valence-electron chi connectivity index (χ1n) is 5.53. The summed E-state index contributed by atoms with van der Waals surface area (Å²) in [6.07, 6.45) is 6.35. The Morgan fingerprint density at radius 3 is 2.38 bits per heavy atom. The van der Waals surface area contributed by atoms with Gasteiger partial charge in [-0.2, -0.15) is 0 Å². The largest absolute Gasteiger partial charge is 0.325 e. The lowest BCUT2D eigenvalue weighted by Crippen LogP contribution is -2.28. The molecule has 2 heteroatoms. The first-order chi connectivity index (χ1) is 6.03. The molecule has 1 rings (SSSR count). The summed E-state index contributed by atoms with van der Waals surface area (Å²) in [6, 6.07) is 0.674. The van der Waals surface area contributed by atoms with Gasteiger partial charge in [0.2, 0.25) is 0 Å². The van der Waals surface area contributed by atoms with Gasteiger partial charge in [-0.25, -0.2) is 0 Å². The molecule has 0 aliphatic heterocycles. The van der Waals surface area contributed by atoms with Gasteiger partial charge in [-0.1, -0.05) is 6.42 Å². The summed E-state index contributed by atoms with van der Waals surface area (Å²) in [4.78, 5) is 2.40. The van der Waals surface area contributed by atoms with E-state index in [0.717, 1.165) is 0 Å². The van der Waals surface area contributed by atoms with E-state index in [1.54, 1.807) is 0 Å². The van der Waals surface area contributed by atoms with Crippen LogP contribution in [-0.4, -0.2) is 30.1 Å². The molecule has 0 saturated heterocycles. The van der Waals surface area contributed by atoms with Crippen molar-refractivity contribution in [1.82, 2.24) is 4.90 Å². The van der Waals surface area contributed by atoms with Crippen molar-refractivity contribution < 1.29 is 0 Å². The van der Waals surface area contributed by atoms with Crippen molar-refractivity contribution in [3.63, 3.8) is 0 Å². The highest BCUT2D eigenvalue weighted by Gasteiger charge is 2.36. The maximum atomic E-state index is 6.01. The quantitative estimate of drug-likeness (QED) is 0.640. The zero-order chi connectivity index (χ0) is 9.90. The predicted molar refractivity (Wildman–Crippen MR) is 57.8 cm³/mol. The summed E-state index contributed by atoms with van der Waals surface area (Å²) in [5.74, 6) is 0. The molecular formula is C11H24N2. The molecule has 0 aromatic carbocycles. The second kappa shape index (κ2) is 4.43. The second-order valence-electron chi connectivity index (χ2n) is 4.89. The van der Waals surface area contributed by atoms with E-state index in [1.807, 2.05) is 0 Å². The van der Waals surface area contributed by atoms with Gasteiger partial charge in [-0.15, -0.1) is 0 Å². The van der Waals surface area contributed by atoms with E-state index in [2.05, 4.69) is 25.8 Å². The van der Waals surface area contributed by atoms with Crippen molar-refractivity contribution in [3.05, 3.63) is 0 Å². The predicted octanol–water partition coefficient (Wildman–Crippen LogP) is 1.99. The first-order valence-corrected chi connectivity index (χ1v) is 5.53. The highest BCUT2D eigenvalue weighted by molar-refractivity contribution is 4.98. The minimum Gasteiger partial charge on any atom is -0.325 e. The monoisotopic (exact) mass is 184 g/mol. The fourth-order valence-corrected chi connectivity index (χ4v) is 1.51. The number of hydrogen-bond acceptors (Lipinski definition) is 2. The summed E-state index contributed by atoms with van der Waals surface area (Å²) < 4.78 is 0. The molecule has 0 aromatic rings. The molecule has 0 spiro atoms. The van der Waals surface area contributed by atoms with Crippen LogP contribution in [0.1, 0.15) is 46.0 Å². The average Bonchev–Trinajstić information content (AvgIpc) is 2.78. The van der Waals surface area contributed by atoms with Crippen molar-refractivity contribution in [2.75, 3.05) is 13.6 Å². The van der Waals surface area contributed by atoms with Gasteiger partial charge < -0.3 is 10.6 Å². The summed E-state index contributed by atoms with van der Waals surface area (Å²) in [5, 5.41) is 0. The molecular weight excluding hydrogens is 160 g/mol. The van der Waals surface area contributed by atoms with Gasteiger partial charge in [0, 0.05) is 11.6 Å². The molecule has 0 aromatic heterocycles. The van der Waals surface area contributed by atoms with Crippen LogP contribution < -0.4 is 5.73 Å². The van der Waals surface area contributed by atoms with Gasteiger partial charge in [0.25, 0.3) is 0 Å². The first kappa shape index (κ1) is 11.0. The molecule has 0 radical (unpaired) electrons. The Bertz CT molecular complexity index is 150. The van der Waals surface area contributed by atoms with Crippen LogP contribution in [0.3, 0.4) is 0 Å². The lowest BCUT2D eigenvalue weighted by atomic mass is 10.1. The van der Waals surface area contributed by atoms with E-state index in [1.165, 1.54) is 38.6 Å². The Morgan fingerprint density at radius 2 is 1.92 bits per heavy atom. The zero-order valence-corrected chi connectivity index (χ0v) is 9.34. The highest BCUT2D eigenvalue weighted by Crippen LogP contribution is 2.36. The Balaban J connectivity index is 1.94. The van der Waals surface area contributed by atoms with E-state index in [4.69, 9.17) is 5.73 Å². The smallest absolute Gasteiger partial charge is 0.0155 e. The number of nitrogens with two attached hydrogens (primary N) is 1. The van der Waals surface area contributed by atoms with E-state index in [-0.39, 0.29) is 5.54 Å². The van der Waals surface area contributed by atoms with E-state index in [9.17, 15) is 0 Å². The van der Waals surface area contributed by atoms with Crippen LogP contribution in [-0.2, 0) is 0 Å². The summed E-state index contributed by atoms with van der Waals surface area (Å²) in [6.45, 7) is 5.70. The second-order valence-corrected chi connectivity index (χ2v) is 4.89. The maximum Gasteiger partial charge on any atom is 0.0155 e. The molecule has 2 nitrogen and oxygen atoms in total. The van der Waals surface area contributed by atoms with Gasteiger partial charge >= 0.3 is 0 Å². The van der Waals surface area contributed by atoms with Gasteiger partial charge in [0.05, 0.1) is 0 Å². The van der Waals surface area contributed by atoms with Gasteiger partial charge in [0.15, 0.2) is 0 Å². The van der Waals surface area contributed by atoms with Crippen molar-refractivity contribution in [2.24, 2.45) is 5.73 Å². The summed E-state index contributed by atoms with van der Waals surface area (Å²) in [5.41, 5.74) is 6.27. The van der Waals surface area contributed by atoms with Crippen molar-refractivity contribution in [1.29, 1.82) is 0 Å². The Hall–Kier alpha value is -0.0800. The highest BCUT2D eigenvalue weighted by atomic mass is 15.1. The van der Waals surface area contributed by atoms with Crippen LogP contribution in [0.15, 0.2) is 0 Å². The number of hydrogen-bond donors (Lipinski definition) is 1. The van der Waals surface area contributed by atoms with Gasteiger partial charge in [0.1, 0.15) is 0 Å². The number of nitrogens with zero attached hydrogens (tertiary/aromatic N) is 1. The molecule has 0 heterocycles. The lowest BCUT2D eigenvalue weighted by molar-refractivity contribution is 0.266. The molecule has 0 unspecified atom stereocenters. The molecule has 1 saturated carbocycles. The molecule has 78 valence electrons. The fourth-order valence-electron chi connectivity index (χ4n) is 1.51. The molecule has 0 amide bonds. The average molecular weight is 184 g/mol. The van der Waals surface area contributed by atoms with E-state index in [0.29, 0.717) is 6.04 Å². The number of rotatable bonds is 6. The maximum absolute atomic E-state index is 6.01. The minimum atomic E-state index is 0.260. The molecule has 13 heavy (non-hydrogen) atoms. The summed E-state index contributed by atoms with van der Waals surface area (Å²) in [7, 11) is 2.19. The third kappa shape index (κ3) is 4.10. The lowest BCUT2D eigenvalue weighted by Gasteiger charge is -2.21. The van der Waals surface area contributed by atoms with Crippen LogP contribution in [0, 0.1) is 0 Å². The van der Waals surface area contributed by atoms with Crippen LogP contribution in [0.5, 0.6) is 0 Å². The van der Waals surface area contributed by atoms with Gasteiger partial charge in [-0.3, -0.25) is 0 Å². The van der Waals surface area contributed by atoms with Crippen LogP contribution in [0.4, 0.5) is 0 Å². The number of unbranched alkanes of at least 4 members (excludes halogenated alkanes) is 1. The fraction of sp³-hybridized carbons (Fsp3) is 1.00. The molecule has 0 atom stereocenters. The van der Waals surface area contributed by atoms with Crippen LogP contribution in [0.25, 0.3) is 0 Å². The topological polar surface area (TPSA) is 29.3 Å². The van der Waals surface area contributed by atoms with Crippen LogP contribution >= 0.6 is 0 Å². The SMILES string of the molecule is CC(C)N(C)CCCCC1(N)CC1. The molecule has 0 bridgehead atoms. The van der Waals surface area contributed by atoms with E-state index < -0.39 is 0 Å². The Kier molecular flexibility index (Phi) is 3.74. The van der Waals surface area contributed by atoms with Crippen molar-refractivity contribution >= 4 is 0 Å². The Morgan fingerprint density at radius 1 is 1.31 bits per heavy atom. The van der Waals surface area contributed by atoms with Crippen LogP contribution in [0.2, 0.25) is 0 Å².